The SMILES string of the molecule is Cc1nc2cc(NC(=O)c3ccc4c(c3)NC(=O)CCS4)ccc2n1-c1ccccc1. The summed E-state index contributed by atoms with van der Waals surface area (Å²) >= 11 is 1.62. The number of carbonyl (C=O) groups is 2. The summed E-state index contributed by atoms with van der Waals surface area (Å²) in [6.07, 6.45) is 0.468. The van der Waals surface area contributed by atoms with Crippen LogP contribution < -0.4 is 10.6 Å². The summed E-state index contributed by atoms with van der Waals surface area (Å²) in [5.41, 5.74) is 4.68. The number of fused-ring (bicyclic) bond motifs is 2. The van der Waals surface area contributed by atoms with Gasteiger partial charge in [-0.15, -0.1) is 11.8 Å². The van der Waals surface area contributed by atoms with E-state index in [4.69, 9.17) is 0 Å². The number of nitrogens with one attached hydrogen (secondary N) is 2. The number of imidazole rings is 1. The average molecular weight is 429 g/mol. The van der Waals surface area contributed by atoms with E-state index in [1.165, 1.54) is 0 Å². The Morgan fingerprint density at radius 3 is 2.77 bits per heavy atom. The number of nitrogens with zero attached hydrogens (tertiary/aromatic N) is 2. The number of thioether (sulfide) groups is 1. The minimum Gasteiger partial charge on any atom is -0.325 e. The molecule has 1 aliphatic heterocycles. The Morgan fingerprint density at radius 2 is 1.94 bits per heavy atom. The van der Waals surface area contributed by atoms with Gasteiger partial charge in [0.05, 0.1) is 16.7 Å². The molecular formula is C24H20N4O2S. The Hall–Kier alpha value is -3.58. The van der Waals surface area contributed by atoms with E-state index >= 15 is 0 Å². The van der Waals surface area contributed by atoms with Crippen LogP contribution in [-0.4, -0.2) is 27.1 Å². The van der Waals surface area contributed by atoms with Gasteiger partial charge in [-0.1, -0.05) is 18.2 Å². The van der Waals surface area contributed by atoms with Gasteiger partial charge < -0.3 is 10.6 Å². The highest BCUT2D eigenvalue weighted by molar-refractivity contribution is 7.99. The molecule has 5 rings (SSSR count). The quantitative estimate of drug-likeness (QED) is 0.480. The maximum atomic E-state index is 12.8. The number of para-hydroxylation sites is 1. The predicted molar refractivity (Wildman–Crippen MR) is 124 cm³/mol. The highest BCUT2D eigenvalue weighted by Crippen LogP contribution is 2.32. The molecule has 0 saturated heterocycles. The number of rotatable bonds is 3. The van der Waals surface area contributed by atoms with Crippen molar-refractivity contribution < 1.29 is 9.59 Å². The Kier molecular flexibility index (Phi) is 4.95. The first-order chi connectivity index (χ1) is 15.1. The van der Waals surface area contributed by atoms with Gasteiger partial charge in [0.1, 0.15) is 5.82 Å². The van der Waals surface area contributed by atoms with Crippen LogP contribution in [0, 0.1) is 6.92 Å². The molecule has 0 atom stereocenters. The van der Waals surface area contributed by atoms with Crippen molar-refractivity contribution in [2.24, 2.45) is 0 Å². The van der Waals surface area contributed by atoms with Crippen molar-refractivity contribution in [2.75, 3.05) is 16.4 Å². The summed E-state index contributed by atoms with van der Waals surface area (Å²) < 4.78 is 2.09. The average Bonchev–Trinajstić information content (AvgIpc) is 2.97. The molecule has 1 aliphatic rings. The molecule has 0 spiro atoms. The van der Waals surface area contributed by atoms with Gasteiger partial charge in [-0.2, -0.15) is 0 Å². The molecule has 154 valence electrons. The molecule has 2 N–H and O–H groups in total. The molecule has 3 aromatic carbocycles. The first-order valence-electron chi connectivity index (χ1n) is 10.0. The Morgan fingerprint density at radius 1 is 1.10 bits per heavy atom. The van der Waals surface area contributed by atoms with E-state index in [0.717, 1.165) is 33.2 Å². The molecule has 2 heterocycles. The minimum absolute atomic E-state index is 0.0290. The van der Waals surface area contributed by atoms with Crippen molar-refractivity contribution in [3.05, 3.63) is 78.1 Å². The third-order valence-electron chi connectivity index (χ3n) is 5.20. The summed E-state index contributed by atoms with van der Waals surface area (Å²) in [5, 5.41) is 5.82. The van der Waals surface area contributed by atoms with E-state index in [1.807, 2.05) is 61.5 Å². The molecule has 0 radical (unpaired) electrons. The maximum absolute atomic E-state index is 12.8. The van der Waals surface area contributed by atoms with Crippen LogP contribution in [0.25, 0.3) is 16.7 Å². The molecular weight excluding hydrogens is 408 g/mol. The number of hydrogen-bond acceptors (Lipinski definition) is 4. The number of aryl methyl sites for hydroxylation is 1. The topological polar surface area (TPSA) is 76.0 Å². The largest absolute Gasteiger partial charge is 0.325 e. The van der Waals surface area contributed by atoms with Crippen LogP contribution in [0.3, 0.4) is 0 Å². The number of benzene rings is 3. The van der Waals surface area contributed by atoms with E-state index in [2.05, 4.69) is 20.2 Å². The van der Waals surface area contributed by atoms with Gasteiger partial charge in [0.2, 0.25) is 5.91 Å². The van der Waals surface area contributed by atoms with Crippen molar-refractivity contribution in [2.45, 2.75) is 18.2 Å². The molecule has 0 fully saturated rings. The highest BCUT2D eigenvalue weighted by Gasteiger charge is 2.16. The molecule has 0 saturated carbocycles. The molecule has 2 amide bonds. The summed E-state index contributed by atoms with van der Waals surface area (Å²) in [4.78, 5) is 30.3. The van der Waals surface area contributed by atoms with Crippen molar-refractivity contribution >= 4 is 46.0 Å². The third kappa shape index (κ3) is 3.80. The Labute approximate surface area is 183 Å². The molecule has 0 aliphatic carbocycles. The minimum atomic E-state index is -0.232. The van der Waals surface area contributed by atoms with Crippen LogP contribution in [0.4, 0.5) is 11.4 Å². The van der Waals surface area contributed by atoms with Crippen LogP contribution >= 0.6 is 11.8 Å². The zero-order valence-electron chi connectivity index (χ0n) is 16.9. The van der Waals surface area contributed by atoms with Gasteiger partial charge in [-0.25, -0.2) is 4.98 Å². The lowest BCUT2D eigenvalue weighted by Crippen LogP contribution is -2.14. The lowest BCUT2D eigenvalue weighted by Gasteiger charge is -2.10. The van der Waals surface area contributed by atoms with E-state index in [0.29, 0.717) is 23.4 Å². The van der Waals surface area contributed by atoms with Crippen LogP contribution in [0.1, 0.15) is 22.6 Å². The Balaban J connectivity index is 1.42. The number of carbonyl (C=O) groups excluding carboxylic acids is 2. The second-order valence-electron chi connectivity index (χ2n) is 7.35. The van der Waals surface area contributed by atoms with Gasteiger partial charge in [-0.05, 0) is 55.5 Å². The van der Waals surface area contributed by atoms with Crippen LogP contribution in [0.2, 0.25) is 0 Å². The number of anilines is 2. The zero-order valence-corrected chi connectivity index (χ0v) is 17.7. The van der Waals surface area contributed by atoms with Crippen molar-refractivity contribution in [1.29, 1.82) is 0 Å². The van der Waals surface area contributed by atoms with E-state index < -0.39 is 0 Å². The van der Waals surface area contributed by atoms with Crippen molar-refractivity contribution in [1.82, 2.24) is 9.55 Å². The normalized spacial score (nSPS) is 13.4. The standard InChI is InChI=1S/C24H20N4O2S/c1-15-25-19-14-17(8-9-21(19)28(15)18-5-3-2-4-6-18)26-24(30)16-7-10-22-20(13-16)27-23(29)11-12-31-22/h2-10,13-14H,11-12H2,1H3,(H,26,30)(H,27,29). The first kappa shape index (κ1) is 19.4. The fourth-order valence-corrected chi connectivity index (χ4v) is 4.68. The van der Waals surface area contributed by atoms with E-state index in [-0.39, 0.29) is 11.8 Å². The monoisotopic (exact) mass is 428 g/mol. The predicted octanol–water partition coefficient (Wildman–Crippen LogP) is 5.02. The summed E-state index contributed by atoms with van der Waals surface area (Å²) in [5.74, 6) is 1.35. The third-order valence-corrected chi connectivity index (χ3v) is 6.27. The smallest absolute Gasteiger partial charge is 0.255 e. The molecule has 31 heavy (non-hydrogen) atoms. The lowest BCUT2D eigenvalue weighted by atomic mass is 10.1. The van der Waals surface area contributed by atoms with Crippen LogP contribution in [0.5, 0.6) is 0 Å². The fourth-order valence-electron chi connectivity index (χ4n) is 3.75. The summed E-state index contributed by atoms with van der Waals surface area (Å²) in [6, 6.07) is 21.2. The molecule has 7 heteroatoms. The summed E-state index contributed by atoms with van der Waals surface area (Å²) in [7, 11) is 0. The lowest BCUT2D eigenvalue weighted by molar-refractivity contribution is -0.115. The van der Waals surface area contributed by atoms with Crippen molar-refractivity contribution in [3.8, 4) is 5.69 Å². The van der Waals surface area contributed by atoms with Crippen LogP contribution in [-0.2, 0) is 4.79 Å². The van der Waals surface area contributed by atoms with Gasteiger partial charge in [-0.3, -0.25) is 14.2 Å². The fraction of sp³-hybridized carbons (Fsp3) is 0.125. The summed E-state index contributed by atoms with van der Waals surface area (Å²) in [6.45, 7) is 1.97. The van der Waals surface area contributed by atoms with Gasteiger partial charge >= 0.3 is 0 Å². The molecule has 0 bridgehead atoms. The molecule has 1 aromatic heterocycles. The van der Waals surface area contributed by atoms with Crippen molar-refractivity contribution in [3.63, 3.8) is 0 Å². The zero-order chi connectivity index (χ0) is 21.4. The molecule has 4 aromatic rings. The van der Waals surface area contributed by atoms with Crippen LogP contribution in [0.15, 0.2) is 71.6 Å². The Bertz CT molecular complexity index is 1310. The van der Waals surface area contributed by atoms with Gasteiger partial charge in [0, 0.05) is 34.0 Å². The molecule has 6 nitrogen and oxygen atoms in total. The first-order valence-corrected chi connectivity index (χ1v) is 11.0. The number of hydrogen-bond donors (Lipinski definition) is 2. The maximum Gasteiger partial charge on any atom is 0.255 e. The van der Waals surface area contributed by atoms with E-state index in [1.54, 1.807) is 23.9 Å². The number of aromatic nitrogens is 2. The molecule has 0 unspecified atom stereocenters. The second kappa shape index (κ2) is 7.92. The second-order valence-corrected chi connectivity index (χ2v) is 8.48. The number of amides is 2. The van der Waals surface area contributed by atoms with E-state index in [9.17, 15) is 9.59 Å². The van der Waals surface area contributed by atoms with Gasteiger partial charge in [0.15, 0.2) is 0 Å². The highest BCUT2D eigenvalue weighted by atomic mass is 32.2. The van der Waals surface area contributed by atoms with Gasteiger partial charge in [0.25, 0.3) is 5.91 Å².